The Balaban J connectivity index is 0.00000176. The average molecular weight is 324 g/mol. The van der Waals surface area contributed by atoms with E-state index < -0.39 is 7.12 Å². The van der Waals surface area contributed by atoms with E-state index in [1.54, 1.807) is 6.26 Å². The monoisotopic (exact) mass is 323 g/mol. The molecule has 1 aromatic carbocycles. The molecule has 0 aliphatic carbocycles. The van der Waals surface area contributed by atoms with Crippen LogP contribution in [-0.2, 0) is 15.7 Å². The van der Waals surface area contributed by atoms with Crippen molar-refractivity contribution in [3.8, 4) is 0 Å². The summed E-state index contributed by atoms with van der Waals surface area (Å²) in [5, 5.41) is 1.10. The Kier molecular flexibility index (Phi) is 4.65. The van der Waals surface area contributed by atoms with Gasteiger partial charge >= 0.3 is 7.12 Å². The maximum Gasteiger partial charge on any atom is 0.476 e. The normalized spacial score (nSPS) is 20.9. The van der Waals surface area contributed by atoms with Crippen LogP contribution in [0.4, 0.5) is 0 Å². The highest BCUT2D eigenvalue weighted by Gasteiger charge is 2.53. The van der Waals surface area contributed by atoms with Gasteiger partial charge in [-0.05, 0) is 45.7 Å². The number of hydrogen-bond acceptors (Lipinski definition) is 4. The first-order chi connectivity index (χ1) is 9.80. The van der Waals surface area contributed by atoms with Crippen molar-refractivity contribution in [2.45, 2.75) is 51.3 Å². The van der Waals surface area contributed by atoms with Crippen LogP contribution < -0.4 is 5.73 Å². The first-order valence-electron chi connectivity index (χ1n) is 7.36. The largest absolute Gasteiger partial charge is 0.476 e. The quantitative estimate of drug-likeness (QED) is 0.880. The lowest BCUT2D eigenvalue weighted by atomic mass is 9.75. The lowest BCUT2D eigenvalue weighted by Gasteiger charge is -2.32. The van der Waals surface area contributed by atoms with E-state index in [0.717, 1.165) is 16.5 Å². The highest BCUT2D eigenvalue weighted by Crippen LogP contribution is 2.37. The van der Waals surface area contributed by atoms with E-state index in [9.17, 15) is 0 Å². The third kappa shape index (κ3) is 2.91. The molecule has 2 aromatic rings. The van der Waals surface area contributed by atoms with Gasteiger partial charge in [0, 0.05) is 11.3 Å². The SMILES string of the molecule is CC1(C)OB(C(N)Cc2coc3ccccc23)OC1(C)C.Cl. The van der Waals surface area contributed by atoms with Crippen LogP contribution in [0.2, 0.25) is 0 Å². The Morgan fingerprint density at radius 3 is 2.32 bits per heavy atom. The molecule has 0 radical (unpaired) electrons. The fraction of sp³-hybridized carbons (Fsp3) is 0.500. The average Bonchev–Trinajstić information content (AvgIpc) is 2.89. The Hall–Kier alpha value is -1.01. The molecule has 3 rings (SSSR count). The van der Waals surface area contributed by atoms with Gasteiger partial charge in [-0.2, -0.15) is 0 Å². The molecule has 0 saturated carbocycles. The minimum absolute atomic E-state index is 0. The first-order valence-corrected chi connectivity index (χ1v) is 7.36. The van der Waals surface area contributed by atoms with Gasteiger partial charge in [0.1, 0.15) is 5.58 Å². The number of benzene rings is 1. The van der Waals surface area contributed by atoms with E-state index in [0.29, 0.717) is 6.42 Å². The zero-order valence-electron chi connectivity index (χ0n) is 13.5. The van der Waals surface area contributed by atoms with Crippen LogP contribution in [0.3, 0.4) is 0 Å². The lowest BCUT2D eigenvalue weighted by molar-refractivity contribution is 0.00578. The van der Waals surface area contributed by atoms with Crippen molar-refractivity contribution in [3.63, 3.8) is 0 Å². The highest BCUT2D eigenvalue weighted by atomic mass is 35.5. The first kappa shape index (κ1) is 17.4. The molecule has 1 unspecified atom stereocenters. The summed E-state index contributed by atoms with van der Waals surface area (Å²) in [5.74, 6) is -0.230. The number of hydrogen-bond donors (Lipinski definition) is 1. The van der Waals surface area contributed by atoms with E-state index >= 15 is 0 Å². The molecule has 1 fully saturated rings. The highest BCUT2D eigenvalue weighted by molar-refractivity contribution is 6.47. The zero-order chi connectivity index (χ0) is 15.3. The summed E-state index contributed by atoms with van der Waals surface area (Å²) in [5.41, 5.74) is 7.58. The molecule has 2 heterocycles. The summed E-state index contributed by atoms with van der Waals surface area (Å²) in [4.78, 5) is 0. The van der Waals surface area contributed by atoms with E-state index in [4.69, 9.17) is 19.5 Å². The van der Waals surface area contributed by atoms with Gasteiger partial charge in [-0.3, -0.25) is 0 Å². The van der Waals surface area contributed by atoms with Crippen molar-refractivity contribution >= 4 is 30.5 Å². The summed E-state index contributed by atoms with van der Waals surface area (Å²) < 4.78 is 17.6. The number of halogens is 1. The van der Waals surface area contributed by atoms with Crippen LogP contribution in [0.1, 0.15) is 33.3 Å². The number of para-hydroxylation sites is 1. The van der Waals surface area contributed by atoms with Gasteiger partial charge in [0.05, 0.1) is 17.5 Å². The topological polar surface area (TPSA) is 57.6 Å². The van der Waals surface area contributed by atoms with Gasteiger partial charge in [0.2, 0.25) is 0 Å². The number of fused-ring (bicyclic) bond motifs is 1. The second-order valence-corrected chi connectivity index (χ2v) is 6.75. The smallest absolute Gasteiger partial charge is 0.464 e. The molecule has 0 spiro atoms. The van der Waals surface area contributed by atoms with Crippen LogP contribution in [0.15, 0.2) is 34.9 Å². The van der Waals surface area contributed by atoms with Crippen molar-refractivity contribution < 1.29 is 13.7 Å². The molecule has 1 aliphatic rings. The van der Waals surface area contributed by atoms with Crippen LogP contribution in [0, 0.1) is 0 Å². The minimum atomic E-state index is -0.399. The summed E-state index contributed by atoms with van der Waals surface area (Å²) >= 11 is 0. The van der Waals surface area contributed by atoms with E-state index in [2.05, 4.69) is 0 Å². The second kappa shape index (κ2) is 5.89. The molecule has 22 heavy (non-hydrogen) atoms. The van der Waals surface area contributed by atoms with Gasteiger partial charge in [-0.1, -0.05) is 18.2 Å². The predicted octanol–water partition coefficient (Wildman–Crippen LogP) is 3.36. The lowest BCUT2D eigenvalue weighted by Crippen LogP contribution is -2.43. The van der Waals surface area contributed by atoms with E-state index in [1.165, 1.54) is 0 Å². The molecule has 6 heteroatoms. The van der Waals surface area contributed by atoms with E-state index in [1.807, 2.05) is 52.0 Å². The van der Waals surface area contributed by atoms with Crippen LogP contribution in [0.25, 0.3) is 11.0 Å². The van der Waals surface area contributed by atoms with Gasteiger partial charge in [-0.25, -0.2) is 0 Å². The Morgan fingerprint density at radius 1 is 1.09 bits per heavy atom. The summed E-state index contributed by atoms with van der Waals surface area (Å²) in [6.07, 6.45) is 2.43. The van der Waals surface area contributed by atoms with Crippen LogP contribution >= 0.6 is 12.4 Å². The predicted molar refractivity (Wildman–Crippen MR) is 91.2 cm³/mol. The number of nitrogens with two attached hydrogens (primary N) is 1. The molecule has 120 valence electrons. The molecule has 2 N–H and O–H groups in total. The van der Waals surface area contributed by atoms with Crippen molar-refractivity contribution in [1.82, 2.24) is 0 Å². The van der Waals surface area contributed by atoms with Crippen molar-refractivity contribution in [2.75, 3.05) is 0 Å². The minimum Gasteiger partial charge on any atom is -0.464 e. The maximum absolute atomic E-state index is 6.31. The van der Waals surface area contributed by atoms with Crippen molar-refractivity contribution in [3.05, 3.63) is 36.1 Å². The Labute approximate surface area is 137 Å². The Bertz CT molecular complexity index is 640. The summed E-state index contributed by atoms with van der Waals surface area (Å²) in [7, 11) is -0.399. The van der Waals surface area contributed by atoms with Crippen molar-refractivity contribution in [2.24, 2.45) is 5.73 Å². The van der Waals surface area contributed by atoms with Crippen LogP contribution in [-0.4, -0.2) is 24.3 Å². The summed E-state index contributed by atoms with van der Waals surface area (Å²) in [6, 6.07) is 7.97. The van der Waals surface area contributed by atoms with Gasteiger partial charge < -0.3 is 19.5 Å². The van der Waals surface area contributed by atoms with Gasteiger partial charge in [-0.15, -0.1) is 12.4 Å². The third-order valence-electron chi connectivity index (χ3n) is 4.64. The molecule has 0 bridgehead atoms. The van der Waals surface area contributed by atoms with E-state index in [-0.39, 0.29) is 29.6 Å². The second-order valence-electron chi connectivity index (χ2n) is 6.75. The molecular formula is C16H23BClNO3. The fourth-order valence-electron chi connectivity index (χ4n) is 2.60. The molecule has 1 atom stereocenters. The molecule has 4 nitrogen and oxygen atoms in total. The number of furan rings is 1. The molecule has 1 aliphatic heterocycles. The van der Waals surface area contributed by atoms with Gasteiger partial charge in [0.15, 0.2) is 0 Å². The van der Waals surface area contributed by atoms with Gasteiger partial charge in [0.25, 0.3) is 0 Å². The fourth-order valence-corrected chi connectivity index (χ4v) is 2.60. The molecule has 1 saturated heterocycles. The summed E-state index contributed by atoms with van der Waals surface area (Å²) in [6.45, 7) is 8.14. The van der Waals surface area contributed by atoms with Crippen LogP contribution in [0.5, 0.6) is 0 Å². The molecular weight excluding hydrogens is 300 g/mol. The maximum atomic E-state index is 6.31. The molecule has 1 aromatic heterocycles. The van der Waals surface area contributed by atoms with Crippen molar-refractivity contribution in [1.29, 1.82) is 0 Å². The third-order valence-corrected chi connectivity index (χ3v) is 4.64. The number of rotatable bonds is 3. The molecule has 0 amide bonds. The Morgan fingerprint density at radius 2 is 1.68 bits per heavy atom. The zero-order valence-corrected chi connectivity index (χ0v) is 14.3. The standard InChI is InChI=1S/C16H22BNO3.ClH/c1-15(2)16(3,4)21-17(20-15)14(18)9-11-10-19-13-8-6-5-7-12(11)13;/h5-8,10,14H,9,18H2,1-4H3;1H.